The Hall–Kier alpha value is -3.40. The Kier molecular flexibility index (Phi) is 5.63. The van der Waals surface area contributed by atoms with Crippen LogP contribution in [0, 0.1) is 45.3 Å². The molecular formula is C48H54N4. The highest BCUT2D eigenvalue weighted by Gasteiger charge is 2.65. The van der Waals surface area contributed by atoms with E-state index in [0.717, 1.165) is 34.6 Å². The molecule has 10 unspecified atom stereocenters. The van der Waals surface area contributed by atoms with Gasteiger partial charge in [-0.25, -0.2) is 0 Å². The summed E-state index contributed by atoms with van der Waals surface area (Å²) in [5.74, 6) is 6.34. The van der Waals surface area contributed by atoms with Gasteiger partial charge >= 0.3 is 0 Å². The lowest BCUT2D eigenvalue weighted by molar-refractivity contribution is -0.0648. The number of hydrogen-bond donors (Lipinski definition) is 0. The zero-order chi connectivity index (χ0) is 35.4. The van der Waals surface area contributed by atoms with Crippen molar-refractivity contribution in [2.75, 3.05) is 0 Å². The largest absolute Gasteiger partial charge is 0.254 e. The summed E-state index contributed by atoms with van der Waals surface area (Å²) in [6, 6.07) is 9.83. The number of fused-ring (bicyclic) bond motifs is 1. The molecule has 0 aliphatic heterocycles. The standard InChI is InChI=1S/C48H54N4/c1-45(2)25-9-23-11-39(49-19-29(23)33(45)13-25)41-15-27-31(21-51-41)35-17-37(47(35,5)6)43(27)44-28-16-42(52-22-32(28)36-18-38(44)48(36,7)8)40-12-24-10-26-14-34(46(26,3)4)30(24)20-50-40/h11-12,15-16,19-22,25-26,33-38,43-44H,9-10,13-14,17-18H2,1-8H3. The molecule has 16 rings (SSSR count). The van der Waals surface area contributed by atoms with Gasteiger partial charge in [-0.15, -0.1) is 0 Å². The summed E-state index contributed by atoms with van der Waals surface area (Å²) in [4.78, 5) is 20.7. The zero-order valence-corrected chi connectivity index (χ0v) is 32.4. The maximum Gasteiger partial charge on any atom is 0.0889 e. The van der Waals surface area contributed by atoms with Crippen molar-refractivity contribution in [1.29, 1.82) is 0 Å². The number of rotatable bonds is 3. The quantitative estimate of drug-likeness (QED) is 0.215. The second-order valence-corrected chi connectivity index (χ2v) is 21.4. The summed E-state index contributed by atoms with van der Waals surface area (Å²) in [5.41, 5.74) is 17.8. The fourth-order valence-electron chi connectivity index (χ4n) is 14.5. The van der Waals surface area contributed by atoms with Crippen molar-refractivity contribution < 1.29 is 0 Å². The summed E-state index contributed by atoms with van der Waals surface area (Å²) >= 11 is 0. The van der Waals surface area contributed by atoms with Crippen LogP contribution in [0.15, 0.2) is 49.1 Å². The Labute approximate surface area is 310 Å². The fraction of sp³-hybridized carbons (Fsp3) is 0.583. The topological polar surface area (TPSA) is 51.6 Å². The number of aromatic nitrogens is 4. The molecule has 4 nitrogen and oxygen atoms in total. The third-order valence-electron chi connectivity index (χ3n) is 18.5. The molecule has 0 N–H and O–H groups in total. The van der Waals surface area contributed by atoms with Crippen LogP contribution in [0.2, 0.25) is 0 Å². The minimum Gasteiger partial charge on any atom is -0.254 e. The zero-order valence-electron chi connectivity index (χ0n) is 32.4. The van der Waals surface area contributed by atoms with Crippen LogP contribution < -0.4 is 0 Å². The van der Waals surface area contributed by atoms with Crippen LogP contribution in [-0.2, 0) is 12.8 Å². The van der Waals surface area contributed by atoms with Crippen molar-refractivity contribution in [3.05, 3.63) is 93.6 Å². The van der Waals surface area contributed by atoms with Crippen molar-refractivity contribution in [2.24, 2.45) is 45.3 Å². The number of hydrogen-bond acceptors (Lipinski definition) is 4. The molecule has 12 aliphatic carbocycles. The molecule has 4 fully saturated rings. The third kappa shape index (κ3) is 3.58. The van der Waals surface area contributed by atoms with Crippen LogP contribution in [0.4, 0.5) is 0 Å². The van der Waals surface area contributed by atoms with Crippen LogP contribution >= 0.6 is 0 Å². The lowest BCUT2D eigenvalue weighted by atomic mass is 9.36. The number of nitrogens with zero attached hydrogens (tertiary/aromatic N) is 4. The van der Waals surface area contributed by atoms with E-state index >= 15 is 0 Å². The summed E-state index contributed by atoms with van der Waals surface area (Å²) < 4.78 is 0. The van der Waals surface area contributed by atoms with Gasteiger partial charge in [0.1, 0.15) is 0 Å². The molecule has 8 bridgehead atoms. The molecule has 0 saturated heterocycles. The van der Waals surface area contributed by atoms with E-state index in [4.69, 9.17) is 19.9 Å². The summed E-state index contributed by atoms with van der Waals surface area (Å²) in [6.45, 7) is 20.0. The molecule has 52 heavy (non-hydrogen) atoms. The highest BCUT2D eigenvalue weighted by Crippen LogP contribution is 2.75. The molecule has 4 aromatic heterocycles. The maximum absolute atomic E-state index is 5.22. The van der Waals surface area contributed by atoms with Gasteiger partial charge in [-0.05, 0) is 188 Å². The van der Waals surface area contributed by atoms with E-state index in [9.17, 15) is 0 Å². The normalized spacial score (nSPS) is 37.4. The molecule has 0 amide bonds. The van der Waals surface area contributed by atoms with Gasteiger partial charge in [-0.2, -0.15) is 0 Å². The van der Waals surface area contributed by atoms with Crippen molar-refractivity contribution in [3.8, 4) is 22.8 Å². The minimum absolute atomic E-state index is 0.272. The summed E-state index contributed by atoms with van der Waals surface area (Å²) in [5, 5.41) is 0. The lowest BCUT2D eigenvalue weighted by Crippen LogP contribution is -2.57. The van der Waals surface area contributed by atoms with Gasteiger partial charge in [0.15, 0.2) is 0 Å². The van der Waals surface area contributed by atoms with Crippen molar-refractivity contribution in [1.82, 2.24) is 19.9 Å². The lowest BCUT2D eigenvalue weighted by Gasteiger charge is -2.67. The molecule has 4 heterocycles. The first-order valence-electron chi connectivity index (χ1n) is 20.7. The molecule has 0 spiro atoms. The average Bonchev–Trinajstić information content (AvgIpc) is 3.14. The molecule has 4 heteroatoms. The molecule has 0 radical (unpaired) electrons. The van der Waals surface area contributed by atoms with Crippen molar-refractivity contribution >= 4 is 0 Å². The molecule has 4 aromatic rings. The van der Waals surface area contributed by atoms with Gasteiger partial charge in [0.2, 0.25) is 0 Å². The van der Waals surface area contributed by atoms with E-state index in [0.29, 0.717) is 58.2 Å². The monoisotopic (exact) mass is 686 g/mol. The van der Waals surface area contributed by atoms with Gasteiger partial charge in [0, 0.05) is 24.8 Å². The minimum atomic E-state index is 0.272. The van der Waals surface area contributed by atoms with E-state index in [1.807, 2.05) is 0 Å². The highest BCUT2D eigenvalue weighted by atomic mass is 14.8. The van der Waals surface area contributed by atoms with Crippen LogP contribution in [0.25, 0.3) is 22.8 Å². The van der Waals surface area contributed by atoms with Crippen LogP contribution in [-0.4, -0.2) is 19.9 Å². The van der Waals surface area contributed by atoms with Crippen molar-refractivity contribution in [2.45, 2.75) is 129 Å². The molecule has 10 atom stereocenters. The van der Waals surface area contributed by atoms with Crippen molar-refractivity contribution in [3.63, 3.8) is 0 Å². The predicted molar refractivity (Wildman–Crippen MR) is 206 cm³/mol. The number of pyridine rings is 4. The van der Waals surface area contributed by atoms with Gasteiger partial charge < -0.3 is 0 Å². The Balaban J connectivity index is 0.970. The SMILES string of the molecule is CC1(C)C2Cc3cc(-c4cc5c(cn4)C4CC(C5C5c6cc(-c7cc8c(cn7)C7CC(C8)C7(C)C)ncc6C6CC5C6(C)C)C4(C)C)ncc3C1C2. The third-order valence-corrected chi connectivity index (χ3v) is 18.5. The summed E-state index contributed by atoms with van der Waals surface area (Å²) in [6.07, 6.45) is 16.6. The first-order chi connectivity index (χ1) is 24.7. The molecule has 4 saturated carbocycles. The van der Waals surface area contributed by atoms with E-state index in [1.54, 1.807) is 11.1 Å². The molecule has 266 valence electrons. The average molecular weight is 687 g/mol. The highest BCUT2D eigenvalue weighted by molar-refractivity contribution is 5.64. The summed E-state index contributed by atoms with van der Waals surface area (Å²) in [7, 11) is 0. The van der Waals surface area contributed by atoms with Crippen LogP contribution in [0.5, 0.6) is 0 Å². The Bertz CT molecular complexity index is 2100. The first kappa shape index (κ1) is 31.0. The van der Waals surface area contributed by atoms with Gasteiger partial charge in [-0.3, -0.25) is 19.9 Å². The Morgan fingerprint density at radius 1 is 0.404 bits per heavy atom. The van der Waals surface area contributed by atoms with Gasteiger partial charge in [0.05, 0.1) is 22.8 Å². The second kappa shape index (κ2) is 9.45. The first-order valence-corrected chi connectivity index (χ1v) is 20.7. The van der Waals surface area contributed by atoms with E-state index in [1.165, 1.54) is 71.9 Å². The molecule has 12 aliphatic rings. The van der Waals surface area contributed by atoms with E-state index in [-0.39, 0.29) is 10.8 Å². The Morgan fingerprint density at radius 2 is 0.750 bits per heavy atom. The van der Waals surface area contributed by atoms with Crippen LogP contribution in [0.3, 0.4) is 0 Å². The smallest absolute Gasteiger partial charge is 0.0889 e. The molecular weight excluding hydrogens is 633 g/mol. The fourth-order valence-corrected chi connectivity index (χ4v) is 14.5. The Morgan fingerprint density at radius 3 is 1.12 bits per heavy atom. The van der Waals surface area contributed by atoms with E-state index < -0.39 is 0 Å². The maximum atomic E-state index is 5.22. The molecule has 0 aromatic carbocycles. The van der Waals surface area contributed by atoms with Gasteiger partial charge in [0.25, 0.3) is 0 Å². The second-order valence-electron chi connectivity index (χ2n) is 21.4. The predicted octanol–water partition coefficient (Wildman–Crippen LogP) is 11.1. The van der Waals surface area contributed by atoms with Crippen LogP contribution in [0.1, 0.15) is 161 Å². The van der Waals surface area contributed by atoms with Gasteiger partial charge in [-0.1, -0.05) is 55.4 Å². The van der Waals surface area contributed by atoms with E-state index in [2.05, 4.69) is 104 Å².